The van der Waals surface area contributed by atoms with Crippen LogP contribution in [0.5, 0.6) is 0 Å². The molecule has 0 saturated heterocycles. The van der Waals surface area contributed by atoms with E-state index in [1.165, 1.54) is 23.4 Å². The molecular formula is C21H36N2O3S. The molecule has 5 nitrogen and oxygen atoms in total. The lowest BCUT2D eigenvalue weighted by Crippen LogP contribution is -2.33. The zero-order valence-corrected chi connectivity index (χ0v) is 18.4. The van der Waals surface area contributed by atoms with Crippen molar-refractivity contribution in [3.05, 3.63) is 29.3 Å². The van der Waals surface area contributed by atoms with Gasteiger partial charge < -0.3 is 5.32 Å². The maximum Gasteiger partial charge on any atom is 0.232 e. The number of carbonyl (C=O) groups excluding carboxylic acids is 1. The van der Waals surface area contributed by atoms with Crippen molar-refractivity contribution in [3.8, 4) is 0 Å². The average molecular weight is 397 g/mol. The number of hydrogen-bond acceptors (Lipinski definition) is 3. The molecule has 1 rings (SSSR count). The molecule has 0 heterocycles. The number of amides is 1. The number of carbonyl (C=O) groups is 1. The molecule has 0 saturated carbocycles. The lowest BCUT2D eigenvalue weighted by Gasteiger charge is -2.25. The molecule has 1 amide bonds. The SMILES string of the molecule is CCCC[C@H](CC)CNC(=O)CCCN(c1cccc(C)c1C)S(C)(=O)=O. The van der Waals surface area contributed by atoms with Gasteiger partial charge in [-0.2, -0.15) is 0 Å². The van der Waals surface area contributed by atoms with Gasteiger partial charge in [-0.05, 0) is 49.8 Å². The van der Waals surface area contributed by atoms with Crippen LogP contribution < -0.4 is 9.62 Å². The molecule has 1 N–H and O–H groups in total. The third-order valence-corrected chi connectivity index (χ3v) is 6.32. The van der Waals surface area contributed by atoms with Crippen LogP contribution in [0.4, 0.5) is 5.69 Å². The molecule has 0 bridgehead atoms. The summed E-state index contributed by atoms with van der Waals surface area (Å²) in [6.07, 6.45) is 6.61. The van der Waals surface area contributed by atoms with Crippen molar-refractivity contribution in [1.29, 1.82) is 0 Å². The summed E-state index contributed by atoms with van der Waals surface area (Å²) in [5, 5.41) is 3.01. The van der Waals surface area contributed by atoms with Crippen LogP contribution in [0, 0.1) is 19.8 Å². The maximum absolute atomic E-state index is 12.3. The Morgan fingerprint density at radius 3 is 2.48 bits per heavy atom. The molecule has 0 radical (unpaired) electrons. The molecule has 0 unspecified atom stereocenters. The minimum absolute atomic E-state index is 0.000589. The molecule has 1 aromatic carbocycles. The maximum atomic E-state index is 12.3. The van der Waals surface area contributed by atoms with Crippen molar-refractivity contribution in [3.63, 3.8) is 0 Å². The van der Waals surface area contributed by atoms with Gasteiger partial charge in [0.1, 0.15) is 0 Å². The monoisotopic (exact) mass is 396 g/mol. The van der Waals surface area contributed by atoms with E-state index in [-0.39, 0.29) is 5.91 Å². The molecule has 0 aromatic heterocycles. The summed E-state index contributed by atoms with van der Waals surface area (Å²) in [4.78, 5) is 12.1. The van der Waals surface area contributed by atoms with Crippen LogP contribution in [-0.4, -0.2) is 33.7 Å². The van der Waals surface area contributed by atoms with Crippen LogP contribution >= 0.6 is 0 Å². The van der Waals surface area contributed by atoms with Crippen LogP contribution in [0.3, 0.4) is 0 Å². The number of hydrogen-bond donors (Lipinski definition) is 1. The van der Waals surface area contributed by atoms with Crippen LogP contribution in [0.25, 0.3) is 0 Å². The Morgan fingerprint density at radius 1 is 1.19 bits per heavy atom. The van der Waals surface area contributed by atoms with E-state index >= 15 is 0 Å². The Morgan fingerprint density at radius 2 is 1.89 bits per heavy atom. The number of nitrogens with zero attached hydrogens (tertiary/aromatic N) is 1. The van der Waals surface area contributed by atoms with Crippen LogP contribution in [-0.2, 0) is 14.8 Å². The highest BCUT2D eigenvalue weighted by Gasteiger charge is 2.20. The van der Waals surface area contributed by atoms with Gasteiger partial charge in [-0.1, -0.05) is 45.2 Å². The van der Waals surface area contributed by atoms with E-state index < -0.39 is 10.0 Å². The van der Waals surface area contributed by atoms with E-state index in [4.69, 9.17) is 0 Å². The van der Waals surface area contributed by atoms with E-state index in [0.29, 0.717) is 37.5 Å². The minimum Gasteiger partial charge on any atom is -0.356 e. The Balaban J connectivity index is 2.60. The molecule has 154 valence electrons. The summed E-state index contributed by atoms with van der Waals surface area (Å²) in [5.74, 6) is 0.524. The number of unbranched alkanes of at least 4 members (excludes halogenated alkanes) is 1. The third-order valence-electron chi connectivity index (χ3n) is 5.14. The van der Waals surface area contributed by atoms with Gasteiger partial charge in [0.25, 0.3) is 0 Å². The highest BCUT2D eigenvalue weighted by Crippen LogP contribution is 2.25. The normalized spacial score (nSPS) is 12.6. The second kappa shape index (κ2) is 11.3. The van der Waals surface area contributed by atoms with Gasteiger partial charge in [0, 0.05) is 19.5 Å². The van der Waals surface area contributed by atoms with Crippen molar-refractivity contribution in [2.24, 2.45) is 5.92 Å². The smallest absolute Gasteiger partial charge is 0.232 e. The van der Waals surface area contributed by atoms with Gasteiger partial charge in [-0.25, -0.2) is 8.42 Å². The first kappa shape index (κ1) is 23.5. The summed E-state index contributed by atoms with van der Waals surface area (Å²) in [7, 11) is -3.39. The first-order valence-electron chi connectivity index (χ1n) is 10.0. The fraction of sp³-hybridized carbons (Fsp3) is 0.667. The molecule has 0 aliphatic heterocycles. The minimum atomic E-state index is -3.39. The van der Waals surface area contributed by atoms with Gasteiger partial charge in [-0.3, -0.25) is 9.10 Å². The Bertz CT molecular complexity index is 701. The largest absolute Gasteiger partial charge is 0.356 e. The van der Waals surface area contributed by atoms with E-state index in [2.05, 4.69) is 19.2 Å². The van der Waals surface area contributed by atoms with Crippen molar-refractivity contribution in [2.75, 3.05) is 23.7 Å². The zero-order valence-electron chi connectivity index (χ0n) is 17.5. The van der Waals surface area contributed by atoms with Gasteiger partial charge in [0.15, 0.2) is 0 Å². The number of sulfonamides is 1. The summed E-state index contributed by atoms with van der Waals surface area (Å²) < 4.78 is 25.9. The molecule has 0 aliphatic carbocycles. The summed E-state index contributed by atoms with van der Waals surface area (Å²) in [5.41, 5.74) is 2.70. The topological polar surface area (TPSA) is 66.5 Å². The fourth-order valence-corrected chi connectivity index (χ4v) is 4.16. The zero-order chi connectivity index (χ0) is 20.4. The number of rotatable bonds is 12. The van der Waals surface area contributed by atoms with Gasteiger partial charge >= 0.3 is 0 Å². The van der Waals surface area contributed by atoms with E-state index in [1.807, 2.05) is 32.0 Å². The van der Waals surface area contributed by atoms with Crippen molar-refractivity contribution >= 4 is 21.6 Å². The Hall–Kier alpha value is -1.56. The van der Waals surface area contributed by atoms with Gasteiger partial charge in [-0.15, -0.1) is 0 Å². The van der Waals surface area contributed by atoms with Crippen molar-refractivity contribution in [1.82, 2.24) is 5.32 Å². The molecule has 1 aromatic rings. The number of benzene rings is 1. The first-order chi connectivity index (χ1) is 12.7. The van der Waals surface area contributed by atoms with Crippen molar-refractivity contribution in [2.45, 2.75) is 66.2 Å². The standard InChI is InChI=1S/C21H36N2O3S/c1-6-8-12-19(7-2)16-22-21(24)14-10-15-23(27(5,25)26)20-13-9-11-17(3)18(20)4/h9,11,13,19H,6-8,10,12,14-16H2,1-5H3,(H,22,24)/t19-/m0/s1. The number of anilines is 1. The second-order valence-electron chi connectivity index (χ2n) is 7.38. The highest BCUT2D eigenvalue weighted by molar-refractivity contribution is 7.92. The molecule has 0 aliphatic rings. The van der Waals surface area contributed by atoms with Gasteiger partial charge in [0.05, 0.1) is 11.9 Å². The Labute approximate surface area is 165 Å². The average Bonchev–Trinajstić information content (AvgIpc) is 2.61. The molecule has 1 atom stereocenters. The summed E-state index contributed by atoms with van der Waals surface area (Å²) in [6.45, 7) is 9.24. The lowest BCUT2D eigenvalue weighted by molar-refractivity contribution is -0.121. The Kier molecular flexibility index (Phi) is 9.84. The number of aryl methyl sites for hydroxylation is 1. The van der Waals surface area contributed by atoms with Crippen LogP contribution in [0.2, 0.25) is 0 Å². The highest BCUT2D eigenvalue weighted by atomic mass is 32.2. The van der Waals surface area contributed by atoms with Crippen LogP contribution in [0.1, 0.15) is 63.5 Å². The van der Waals surface area contributed by atoms with E-state index in [1.54, 1.807) is 0 Å². The fourth-order valence-electron chi connectivity index (χ4n) is 3.14. The summed E-state index contributed by atoms with van der Waals surface area (Å²) >= 11 is 0. The molecular weight excluding hydrogens is 360 g/mol. The second-order valence-corrected chi connectivity index (χ2v) is 9.29. The van der Waals surface area contributed by atoms with E-state index in [0.717, 1.165) is 24.0 Å². The molecule has 0 fully saturated rings. The predicted molar refractivity (Wildman–Crippen MR) is 114 cm³/mol. The predicted octanol–water partition coefficient (Wildman–Crippen LogP) is 4.18. The number of nitrogens with one attached hydrogen (secondary N) is 1. The lowest BCUT2D eigenvalue weighted by atomic mass is 9.99. The van der Waals surface area contributed by atoms with Crippen LogP contribution in [0.15, 0.2) is 18.2 Å². The quantitative estimate of drug-likeness (QED) is 0.576. The van der Waals surface area contributed by atoms with E-state index in [9.17, 15) is 13.2 Å². The van der Waals surface area contributed by atoms with Crippen molar-refractivity contribution < 1.29 is 13.2 Å². The molecule has 0 spiro atoms. The molecule has 6 heteroatoms. The first-order valence-corrected chi connectivity index (χ1v) is 11.9. The molecule has 27 heavy (non-hydrogen) atoms. The third kappa shape index (κ3) is 7.91. The van der Waals surface area contributed by atoms with Gasteiger partial charge in [0.2, 0.25) is 15.9 Å². The summed E-state index contributed by atoms with van der Waals surface area (Å²) in [6, 6.07) is 5.65.